The lowest BCUT2D eigenvalue weighted by Gasteiger charge is -2.21. The average molecular weight is 356 g/mol. The number of amides is 1. The predicted octanol–water partition coefficient (Wildman–Crippen LogP) is 4.17. The maximum atomic E-state index is 13.0. The van der Waals surface area contributed by atoms with Gasteiger partial charge < -0.3 is 5.32 Å². The van der Waals surface area contributed by atoms with Crippen LogP contribution >= 0.6 is 11.3 Å². The number of aromatic nitrogens is 3. The Morgan fingerprint density at radius 3 is 2.76 bits per heavy atom. The van der Waals surface area contributed by atoms with Crippen LogP contribution in [0.5, 0.6) is 0 Å². The summed E-state index contributed by atoms with van der Waals surface area (Å²) in [6.07, 6.45) is 0.904. The first-order valence-corrected chi connectivity index (χ1v) is 9.49. The third kappa shape index (κ3) is 3.31. The van der Waals surface area contributed by atoms with Crippen molar-refractivity contribution in [2.24, 2.45) is 13.0 Å². The molecule has 0 fully saturated rings. The first-order chi connectivity index (χ1) is 11.9. The highest BCUT2D eigenvalue weighted by atomic mass is 32.1. The van der Waals surface area contributed by atoms with Gasteiger partial charge in [-0.25, -0.2) is 4.98 Å². The SMILES string of the molecule is CCC(NC(=O)c1cc(-c2cccs2)nc2c1c(C)nn2C)C(C)C. The van der Waals surface area contributed by atoms with Crippen molar-refractivity contribution in [3.05, 3.63) is 34.8 Å². The van der Waals surface area contributed by atoms with Gasteiger partial charge in [-0.05, 0) is 36.8 Å². The van der Waals surface area contributed by atoms with E-state index in [4.69, 9.17) is 4.98 Å². The molecule has 0 bridgehead atoms. The maximum absolute atomic E-state index is 13.0. The monoisotopic (exact) mass is 356 g/mol. The predicted molar refractivity (Wildman–Crippen MR) is 103 cm³/mol. The molecule has 0 spiro atoms. The summed E-state index contributed by atoms with van der Waals surface area (Å²) in [6, 6.07) is 6.06. The van der Waals surface area contributed by atoms with Crippen LogP contribution in [0.15, 0.2) is 23.6 Å². The van der Waals surface area contributed by atoms with Gasteiger partial charge in [0.2, 0.25) is 0 Å². The van der Waals surface area contributed by atoms with Crippen molar-refractivity contribution in [2.45, 2.75) is 40.2 Å². The minimum absolute atomic E-state index is 0.0538. The zero-order valence-corrected chi connectivity index (χ0v) is 16.1. The van der Waals surface area contributed by atoms with E-state index in [2.05, 4.69) is 31.2 Å². The van der Waals surface area contributed by atoms with Crippen molar-refractivity contribution in [3.8, 4) is 10.6 Å². The smallest absolute Gasteiger partial charge is 0.252 e. The lowest BCUT2D eigenvalue weighted by molar-refractivity contribution is 0.0926. The van der Waals surface area contributed by atoms with Crippen LogP contribution < -0.4 is 5.32 Å². The molecule has 3 heterocycles. The number of rotatable bonds is 5. The Kier molecular flexibility index (Phi) is 4.90. The Morgan fingerprint density at radius 2 is 2.16 bits per heavy atom. The second-order valence-electron chi connectivity index (χ2n) is 6.67. The number of pyridine rings is 1. The van der Waals surface area contributed by atoms with Crippen LogP contribution in [0.4, 0.5) is 0 Å². The molecule has 0 aromatic carbocycles. The molecule has 0 saturated heterocycles. The first-order valence-electron chi connectivity index (χ1n) is 8.61. The Morgan fingerprint density at radius 1 is 1.40 bits per heavy atom. The number of nitrogens with one attached hydrogen (secondary N) is 1. The lowest BCUT2D eigenvalue weighted by atomic mass is 10.0. The summed E-state index contributed by atoms with van der Waals surface area (Å²) in [5.74, 6) is 0.333. The van der Waals surface area contributed by atoms with Gasteiger partial charge in [-0.2, -0.15) is 5.10 Å². The number of hydrogen-bond acceptors (Lipinski definition) is 4. The van der Waals surface area contributed by atoms with E-state index in [1.165, 1.54) is 0 Å². The zero-order valence-electron chi connectivity index (χ0n) is 15.3. The number of aryl methyl sites for hydroxylation is 2. The van der Waals surface area contributed by atoms with Gasteiger partial charge in [0, 0.05) is 13.1 Å². The molecule has 5 nitrogen and oxygen atoms in total. The minimum atomic E-state index is -0.0538. The molecule has 1 N–H and O–H groups in total. The normalized spacial score (nSPS) is 12.7. The molecular weight excluding hydrogens is 332 g/mol. The highest BCUT2D eigenvalue weighted by molar-refractivity contribution is 7.13. The fourth-order valence-corrected chi connectivity index (χ4v) is 3.85. The number of carbonyl (C=O) groups excluding carboxylic acids is 1. The summed E-state index contributed by atoms with van der Waals surface area (Å²) >= 11 is 1.62. The molecule has 3 aromatic rings. The molecule has 1 atom stereocenters. The van der Waals surface area contributed by atoms with Crippen molar-refractivity contribution in [1.82, 2.24) is 20.1 Å². The van der Waals surface area contributed by atoms with Gasteiger partial charge in [0.25, 0.3) is 5.91 Å². The van der Waals surface area contributed by atoms with E-state index >= 15 is 0 Å². The average Bonchev–Trinajstić information content (AvgIpc) is 3.20. The highest BCUT2D eigenvalue weighted by Crippen LogP contribution is 2.29. The number of fused-ring (bicyclic) bond motifs is 1. The van der Waals surface area contributed by atoms with Gasteiger partial charge in [0.15, 0.2) is 5.65 Å². The standard InChI is InChI=1S/C19H24N4OS/c1-6-14(11(2)3)21-19(24)13-10-15(16-8-7-9-25-16)20-18-17(13)12(4)22-23(18)5/h7-11,14H,6H2,1-5H3,(H,21,24). The third-order valence-corrected chi connectivity index (χ3v) is 5.44. The second kappa shape index (κ2) is 6.96. The molecule has 132 valence electrons. The molecule has 0 saturated carbocycles. The summed E-state index contributed by atoms with van der Waals surface area (Å²) < 4.78 is 1.75. The van der Waals surface area contributed by atoms with Crippen LogP contribution in [0.1, 0.15) is 43.2 Å². The molecule has 0 aliphatic carbocycles. The van der Waals surface area contributed by atoms with E-state index in [1.54, 1.807) is 16.0 Å². The summed E-state index contributed by atoms with van der Waals surface area (Å²) in [5.41, 5.74) is 3.03. The number of nitrogens with zero attached hydrogens (tertiary/aromatic N) is 3. The van der Waals surface area contributed by atoms with E-state index in [1.807, 2.05) is 37.6 Å². The molecule has 0 radical (unpaired) electrons. The van der Waals surface area contributed by atoms with E-state index in [-0.39, 0.29) is 11.9 Å². The van der Waals surface area contributed by atoms with Gasteiger partial charge in [0.1, 0.15) is 0 Å². The van der Waals surface area contributed by atoms with Crippen LogP contribution in [-0.2, 0) is 7.05 Å². The van der Waals surface area contributed by atoms with Crippen molar-refractivity contribution in [1.29, 1.82) is 0 Å². The van der Waals surface area contributed by atoms with E-state index in [0.717, 1.165) is 33.7 Å². The topological polar surface area (TPSA) is 59.8 Å². The second-order valence-corrected chi connectivity index (χ2v) is 7.62. The van der Waals surface area contributed by atoms with Gasteiger partial charge in [-0.1, -0.05) is 26.8 Å². The van der Waals surface area contributed by atoms with Gasteiger partial charge in [0.05, 0.1) is 27.2 Å². The quantitative estimate of drug-likeness (QED) is 0.746. The fourth-order valence-electron chi connectivity index (χ4n) is 3.16. The minimum Gasteiger partial charge on any atom is -0.349 e. The van der Waals surface area contributed by atoms with Crippen molar-refractivity contribution < 1.29 is 4.79 Å². The molecule has 3 rings (SSSR count). The first kappa shape index (κ1) is 17.6. The Balaban J connectivity index is 2.13. The third-order valence-electron chi connectivity index (χ3n) is 4.55. The Bertz CT molecular complexity index is 896. The molecule has 1 unspecified atom stereocenters. The van der Waals surface area contributed by atoms with Crippen LogP contribution in [-0.4, -0.2) is 26.7 Å². The van der Waals surface area contributed by atoms with Gasteiger partial charge in [-0.15, -0.1) is 11.3 Å². The number of carbonyl (C=O) groups is 1. The van der Waals surface area contributed by atoms with E-state index in [0.29, 0.717) is 11.5 Å². The largest absolute Gasteiger partial charge is 0.349 e. The lowest BCUT2D eigenvalue weighted by Crippen LogP contribution is -2.38. The Labute approximate surface area is 152 Å². The van der Waals surface area contributed by atoms with E-state index in [9.17, 15) is 4.79 Å². The molecule has 25 heavy (non-hydrogen) atoms. The van der Waals surface area contributed by atoms with Crippen LogP contribution in [0, 0.1) is 12.8 Å². The molecule has 1 amide bonds. The maximum Gasteiger partial charge on any atom is 0.252 e. The highest BCUT2D eigenvalue weighted by Gasteiger charge is 2.22. The molecule has 3 aromatic heterocycles. The number of hydrogen-bond donors (Lipinski definition) is 1. The Hall–Kier alpha value is -2.21. The van der Waals surface area contributed by atoms with Gasteiger partial charge in [-0.3, -0.25) is 9.48 Å². The van der Waals surface area contributed by atoms with Crippen LogP contribution in [0.2, 0.25) is 0 Å². The summed E-state index contributed by atoms with van der Waals surface area (Å²) in [6.45, 7) is 8.27. The van der Waals surface area contributed by atoms with Crippen molar-refractivity contribution in [3.63, 3.8) is 0 Å². The summed E-state index contributed by atoms with van der Waals surface area (Å²) in [7, 11) is 1.87. The van der Waals surface area contributed by atoms with Crippen LogP contribution in [0.25, 0.3) is 21.6 Å². The summed E-state index contributed by atoms with van der Waals surface area (Å²) in [5, 5.41) is 10.5. The molecule has 6 heteroatoms. The fraction of sp³-hybridized carbons (Fsp3) is 0.421. The summed E-state index contributed by atoms with van der Waals surface area (Å²) in [4.78, 5) is 18.8. The van der Waals surface area contributed by atoms with E-state index < -0.39 is 0 Å². The molecule has 0 aliphatic rings. The van der Waals surface area contributed by atoms with Crippen molar-refractivity contribution in [2.75, 3.05) is 0 Å². The van der Waals surface area contributed by atoms with Gasteiger partial charge >= 0.3 is 0 Å². The van der Waals surface area contributed by atoms with Crippen LogP contribution in [0.3, 0.4) is 0 Å². The molecular formula is C19H24N4OS. The molecule has 0 aliphatic heterocycles. The number of thiophene rings is 1. The zero-order chi connectivity index (χ0) is 18.1. The van der Waals surface area contributed by atoms with Crippen molar-refractivity contribution >= 4 is 28.3 Å².